The van der Waals surface area contributed by atoms with Crippen molar-refractivity contribution in [1.82, 2.24) is 4.98 Å². The average Bonchev–Trinajstić information content (AvgIpc) is 3.06. The molecule has 29 heavy (non-hydrogen) atoms. The monoisotopic (exact) mass is 435 g/mol. The highest BCUT2D eigenvalue weighted by Crippen LogP contribution is 2.36. The lowest BCUT2D eigenvalue weighted by atomic mass is 10.1. The van der Waals surface area contributed by atoms with Crippen molar-refractivity contribution in [1.29, 1.82) is 0 Å². The van der Waals surface area contributed by atoms with Gasteiger partial charge in [-0.05, 0) is 38.2 Å². The molecule has 2 rings (SSSR count). The highest BCUT2D eigenvalue weighted by molar-refractivity contribution is 7.12. The van der Waals surface area contributed by atoms with E-state index < -0.39 is 24.3 Å². The molecule has 0 amide bonds. The number of nitrogens with zero attached hydrogens (tertiary/aromatic N) is 1. The Balaban J connectivity index is 1.93. The Hall–Kier alpha value is -1.83. The van der Waals surface area contributed by atoms with Crippen LogP contribution in [0.4, 0.5) is 26.3 Å². The van der Waals surface area contributed by atoms with Crippen LogP contribution in [0.1, 0.15) is 53.1 Å². The van der Waals surface area contributed by atoms with Crippen LogP contribution in [0.3, 0.4) is 0 Å². The smallest absolute Gasteiger partial charge is 0.244 e. The zero-order chi connectivity index (χ0) is 21.5. The fourth-order valence-electron chi connectivity index (χ4n) is 2.79. The minimum absolute atomic E-state index is 0.0725. The first-order valence-corrected chi connectivity index (χ1v) is 10.2. The number of aromatic nitrogens is 1. The van der Waals surface area contributed by atoms with Gasteiger partial charge in [-0.15, -0.1) is 11.3 Å². The van der Waals surface area contributed by atoms with Crippen molar-refractivity contribution in [3.05, 3.63) is 57.6 Å². The minimum Gasteiger partial charge on any atom is -0.244 e. The fourth-order valence-corrected chi connectivity index (χ4v) is 3.81. The first-order chi connectivity index (χ1) is 13.5. The normalized spacial score (nSPS) is 13.1. The highest BCUT2D eigenvalue weighted by atomic mass is 32.1. The summed E-state index contributed by atoms with van der Waals surface area (Å²) in [6, 6.07) is 7.30. The number of benzene rings is 1. The summed E-state index contributed by atoms with van der Waals surface area (Å²) in [4.78, 5) is 4.65. The maximum absolute atomic E-state index is 13.5. The van der Waals surface area contributed by atoms with Crippen LogP contribution in [0.5, 0.6) is 0 Å². The van der Waals surface area contributed by atoms with Crippen molar-refractivity contribution in [3.63, 3.8) is 0 Å². The first kappa shape index (κ1) is 23.4. The number of rotatable bonds is 9. The Labute approximate surface area is 170 Å². The molecule has 0 spiro atoms. The number of alkyl halides is 6. The van der Waals surface area contributed by atoms with Crippen molar-refractivity contribution in [2.24, 2.45) is 0 Å². The quantitative estimate of drug-likeness (QED) is 0.291. The summed E-state index contributed by atoms with van der Waals surface area (Å²) in [6.07, 6.45) is -4.39. The molecule has 8 heteroatoms. The second-order valence-electron chi connectivity index (χ2n) is 6.97. The predicted molar refractivity (Wildman–Crippen MR) is 104 cm³/mol. The van der Waals surface area contributed by atoms with E-state index in [1.807, 2.05) is 19.1 Å². The van der Waals surface area contributed by atoms with Gasteiger partial charge in [0.1, 0.15) is 5.01 Å². The van der Waals surface area contributed by atoms with Gasteiger partial charge in [-0.3, -0.25) is 0 Å². The Kier molecular flexibility index (Phi) is 8.31. The molecule has 2 aromatic rings. The van der Waals surface area contributed by atoms with Crippen LogP contribution in [0.2, 0.25) is 0 Å². The molecule has 0 aliphatic heterocycles. The summed E-state index contributed by atoms with van der Waals surface area (Å²) < 4.78 is 76.7. The summed E-state index contributed by atoms with van der Waals surface area (Å²) in [7, 11) is 0. The maximum atomic E-state index is 13.5. The molecule has 1 aromatic heterocycles. The number of halogens is 6. The van der Waals surface area contributed by atoms with Gasteiger partial charge in [-0.1, -0.05) is 48.7 Å². The average molecular weight is 435 g/mol. The Morgan fingerprint density at radius 3 is 2.24 bits per heavy atom. The zero-order valence-corrected chi connectivity index (χ0v) is 16.9. The predicted octanol–water partition coefficient (Wildman–Crippen LogP) is 7.70. The van der Waals surface area contributed by atoms with Crippen molar-refractivity contribution in [2.45, 2.75) is 64.2 Å². The second-order valence-corrected chi connectivity index (χ2v) is 8.08. The van der Waals surface area contributed by atoms with Crippen molar-refractivity contribution >= 4 is 16.9 Å². The number of hydrogen-bond acceptors (Lipinski definition) is 2. The number of hydrogen-bond donors (Lipinski definition) is 0. The van der Waals surface area contributed by atoms with Gasteiger partial charge < -0.3 is 0 Å². The molecular formula is C21H23F6NS. The molecule has 1 nitrogen and oxygen atoms in total. The van der Waals surface area contributed by atoms with Crippen LogP contribution in [0.15, 0.2) is 36.5 Å². The molecule has 0 radical (unpaired) electrons. The topological polar surface area (TPSA) is 12.9 Å². The minimum atomic E-state index is -4.50. The van der Waals surface area contributed by atoms with Gasteiger partial charge in [0.25, 0.3) is 0 Å². The standard InChI is InChI=1S/C21H23F6NS/c1-15-7-9-16(10-8-15)11-12-18(21(25,26)27)19-28-14-17(29-19)6-4-2-3-5-13-20(22,23)24/h7-10,12,14H,2-6,11,13H2,1H3/b18-12-. The summed E-state index contributed by atoms with van der Waals surface area (Å²) >= 11 is 0.994. The first-order valence-electron chi connectivity index (χ1n) is 9.39. The lowest BCUT2D eigenvalue weighted by Gasteiger charge is -2.09. The van der Waals surface area contributed by atoms with E-state index in [2.05, 4.69) is 4.98 Å². The number of allylic oxidation sites excluding steroid dienone is 2. The molecule has 1 aromatic carbocycles. The third kappa shape index (κ3) is 8.60. The van der Waals surface area contributed by atoms with E-state index in [4.69, 9.17) is 0 Å². The lowest BCUT2D eigenvalue weighted by Crippen LogP contribution is -2.11. The van der Waals surface area contributed by atoms with Crippen LogP contribution >= 0.6 is 11.3 Å². The molecule has 0 N–H and O–H groups in total. The van der Waals surface area contributed by atoms with E-state index >= 15 is 0 Å². The van der Waals surface area contributed by atoms with Crippen LogP contribution in [0.25, 0.3) is 5.57 Å². The van der Waals surface area contributed by atoms with Gasteiger partial charge in [0.2, 0.25) is 0 Å². The lowest BCUT2D eigenvalue weighted by molar-refractivity contribution is -0.135. The third-order valence-electron chi connectivity index (χ3n) is 4.39. The van der Waals surface area contributed by atoms with E-state index in [-0.39, 0.29) is 17.8 Å². The van der Waals surface area contributed by atoms with E-state index in [1.165, 1.54) is 6.20 Å². The van der Waals surface area contributed by atoms with E-state index in [0.717, 1.165) is 28.5 Å². The molecule has 0 saturated heterocycles. The number of aryl methyl sites for hydroxylation is 2. The van der Waals surface area contributed by atoms with Crippen LogP contribution in [-0.4, -0.2) is 17.3 Å². The maximum Gasteiger partial charge on any atom is 0.418 e. The SMILES string of the molecule is Cc1ccc(C/C=C(/c2ncc(CCCCCCC(F)(F)F)s2)C(F)(F)F)cc1. The summed E-state index contributed by atoms with van der Waals surface area (Å²) in [5.41, 5.74) is 1.07. The van der Waals surface area contributed by atoms with Gasteiger partial charge in [-0.25, -0.2) is 4.98 Å². The molecule has 160 valence electrons. The number of unbranched alkanes of at least 4 members (excludes halogenated alkanes) is 3. The summed E-state index contributed by atoms with van der Waals surface area (Å²) in [6.45, 7) is 1.91. The molecule has 1 heterocycles. The van der Waals surface area contributed by atoms with Crippen LogP contribution in [0, 0.1) is 6.92 Å². The molecule has 0 aliphatic carbocycles. The van der Waals surface area contributed by atoms with Gasteiger partial charge in [0, 0.05) is 17.5 Å². The summed E-state index contributed by atoms with van der Waals surface area (Å²) in [5, 5.41) is -0.0725. The molecule has 0 fully saturated rings. The fraction of sp³-hybridized carbons (Fsp3) is 0.476. The summed E-state index contributed by atoms with van der Waals surface area (Å²) in [5.74, 6) is 0. The van der Waals surface area contributed by atoms with Gasteiger partial charge in [-0.2, -0.15) is 26.3 Å². The second kappa shape index (κ2) is 10.3. The van der Waals surface area contributed by atoms with Crippen LogP contribution < -0.4 is 0 Å². The highest BCUT2D eigenvalue weighted by Gasteiger charge is 2.36. The molecule has 0 unspecified atom stereocenters. The van der Waals surface area contributed by atoms with Crippen LogP contribution in [-0.2, 0) is 12.8 Å². The van der Waals surface area contributed by atoms with Gasteiger partial charge in [0.15, 0.2) is 0 Å². The van der Waals surface area contributed by atoms with E-state index in [0.29, 0.717) is 30.6 Å². The molecule has 0 saturated carbocycles. The third-order valence-corrected chi connectivity index (χ3v) is 5.48. The van der Waals surface area contributed by atoms with Crippen molar-refractivity contribution in [2.75, 3.05) is 0 Å². The van der Waals surface area contributed by atoms with E-state index in [1.54, 1.807) is 12.1 Å². The molecule has 0 bridgehead atoms. The molecule has 0 atom stereocenters. The van der Waals surface area contributed by atoms with Crippen molar-refractivity contribution < 1.29 is 26.3 Å². The van der Waals surface area contributed by atoms with Gasteiger partial charge in [0.05, 0.1) is 5.57 Å². The number of thiazole rings is 1. The molecular weight excluding hydrogens is 412 g/mol. The van der Waals surface area contributed by atoms with Crippen molar-refractivity contribution in [3.8, 4) is 0 Å². The Morgan fingerprint density at radius 2 is 1.62 bits per heavy atom. The Bertz CT molecular complexity index is 787. The Morgan fingerprint density at radius 1 is 0.966 bits per heavy atom. The van der Waals surface area contributed by atoms with E-state index in [9.17, 15) is 26.3 Å². The largest absolute Gasteiger partial charge is 0.418 e. The van der Waals surface area contributed by atoms with Gasteiger partial charge >= 0.3 is 12.4 Å². The molecule has 0 aliphatic rings. The zero-order valence-electron chi connectivity index (χ0n) is 16.0.